The first-order valence-corrected chi connectivity index (χ1v) is 10.1. The van der Waals surface area contributed by atoms with Gasteiger partial charge in [-0.15, -0.1) is 0 Å². The fourth-order valence-electron chi connectivity index (χ4n) is 3.75. The number of aromatic nitrogens is 1. The van der Waals surface area contributed by atoms with Crippen LogP contribution in [0, 0.1) is 5.92 Å². The van der Waals surface area contributed by atoms with Gasteiger partial charge in [-0.1, -0.05) is 12.1 Å². The van der Waals surface area contributed by atoms with Crippen molar-refractivity contribution in [2.24, 2.45) is 5.92 Å². The van der Waals surface area contributed by atoms with Crippen LogP contribution in [-0.4, -0.2) is 56.8 Å². The number of anilines is 2. The summed E-state index contributed by atoms with van der Waals surface area (Å²) in [4.78, 5) is 33.4. The molecule has 30 heavy (non-hydrogen) atoms. The molecule has 4 rings (SSSR count). The van der Waals surface area contributed by atoms with Gasteiger partial charge in [-0.3, -0.25) is 9.59 Å². The molecule has 2 saturated heterocycles. The van der Waals surface area contributed by atoms with Crippen molar-refractivity contribution in [3.05, 3.63) is 48.2 Å². The van der Waals surface area contributed by atoms with Crippen LogP contribution in [0.4, 0.5) is 11.5 Å². The molecule has 0 radical (unpaired) electrons. The summed E-state index contributed by atoms with van der Waals surface area (Å²) in [6, 6.07) is 11.3. The van der Waals surface area contributed by atoms with E-state index in [1.165, 1.54) is 0 Å². The van der Waals surface area contributed by atoms with Crippen LogP contribution >= 0.6 is 0 Å². The third-order valence-electron chi connectivity index (χ3n) is 5.47. The molecule has 3 heterocycles. The maximum Gasteiger partial charge on any atom is 0.227 e. The molecule has 1 atom stereocenters. The molecule has 1 aromatic carbocycles. The van der Waals surface area contributed by atoms with Gasteiger partial charge in [0.2, 0.25) is 11.8 Å². The fourth-order valence-corrected chi connectivity index (χ4v) is 3.75. The van der Waals surface area contributed by atoms with Crippen molar-refractivity contribution < 1.29 is 19.1 Å². The number of carbonyl (C=O) groups excluding carboxylic acids is 2. The molecular formula is C22H26N4O4. The van der Waals surface area contributed by atoms with Gasteiger partial charge in [0, 0.05) is 50.6 Å². The second-order valence-electron chi connectivity index (χ2n) is 7.45. The Morgan fingerprint density at radius 3 is 2.83 bits per heavy atom. The summed E-state index contributed by atoms with van der Waals surface area (Å²) in [5.74, 6) is 1.06. The Bertz CT molecular complexity index is 896. The largest absolute Gasteiger partial charge is 0.497 e. The van der Waals surface area contributed by atoms with Crippen molar-refractivity contribution >= 4 is 23.3 Å². The van der Waals surface area contributed by atoms with Crippen molar-refractivity contribution in [2.45, 2.75) is 13.0 Å². The first kappa shape index (κ1) is 20.2. The zero-order valence-corrected chi connectivity index (χ0v) is 17.0. The van der Waals surface area contributed by atoms with Crippen molar-refractivity contribution in [1.82, 2.24) is 10.3 Å². The van der Waals surface area contributed by atoms with E-state index in [2.05, 4.69) is 15.2 Å². The van der Waals surface area contributed by atoms with Gasteiger partial charge in [0.25, 0.3) is 0 Å². The summed E-state index contributed by atoms with van der Waals surface area (Å²) in [6.07, 6.45) is 1.99. The average Bonchev–Trinajstić information content (AvgIpc) is 3.20. The third-order valence-corrected chi connectivity index (χ3v) is 5.47. The predicted octanol–water partition coefficient (Wildman–Crippen LogP) is 1.60. The summed E-state index contributed by atoms with van der Waals surface area (Å²) in [7, 11) is 1.59. The lowest BCUT2D eigenvalue weighted by Gasteiger charge is -2.27. The number of ether oxygens (including phenoxy) is 2. The third kappa shape index (κ3) is 4.54. The summed E-state index contributed by atoms with van der Waals surface area (Å²) >= 11 is 0. The van der Waals surface area contributed by atoms with Gasteiger partial charge in [0.1, 0.15) is 11.6 Å². The number of hydrogen-bond donors (Lipinski definition) is 1. The van der Waals surface area contributed by atoms with Crippen LogP contribution in [0.15, 0.2) is 42.6 Å². The Morgan fingerprint density at radius 2 is 2.10 bits per heavy atom. The van der Waals surface area contributed by atoms with Crippen molar-refractivity contribution in [2.75, 3.05) is 49.8 Å². The van der Waals surface area contributed by atoms with Gasteiger partial charge in [-0.25, -0.2) is 4.98 Å². The number of pyridine rings is 1. The molecule has 158 valence electrons. The van der Waals surface area contributed by atoms with E-state index in [4.69, 9.17) is 9.47 Å². The van der Waals surface area contributed by atoms with Gasteiger partial charge in [0.05, 0.1) is 26.2 Å². The van der Waals surface area contributed by atoms with Crippen LogP contribution < -0.4 is 19.9 Å². The molecule has 2 aromatic rings. The van der Waals surface area contributed by atoms with Crippen LogP contribution in [0.25, 0.3) is 0 Å². The number of benzene rings is 1. The van der Waals surface area contributed by atoms with Gasteiger partial charge in [0.15, 0.2) is 0 Å². The minimum atomic E-state index is -0.371. The zero-order chi connectivity index (χ0) is 20.9. The number of nitrogens with zero attached hydrogens (tertiary/aromatic N) is 3. The van der Waals surface area contributed by atoms with Crippen LogP contribution in [0.1, 0.15) is 12.0 Å². The van der Waals surface area contributed by atoms with E-state index in [-0.39, 0.29) is 24.2 Å². The predicted molar refractivity (Wildman–Crippen MR) is 113 cm³/mol. The Balaban J connectivity index is 1.31. The lowest BCUT2D eigenvalue weighted by Crippen LogP contribution is -2.36. The fraction of sp³-hybridized carbons (Fsp3) is 0.409. The highest BCUT2D eigenvalue weighted by molar-refractivity contribution is 6.00. The summed E-state index contributed by atoms with van der Waals surface area (Å²) in [5, 5.41) is 2.94. The van der Waals surface area contributed by atoms with Crippen LogP contribution in [0.5, 0.6) is 5.75 Å². The molecule has 0 spiro atoms. The molecule has 1 N–H and O–H groups in total. The Labute approximate surface area is 175 Å². The number of rotatable bonds is 6. The molecule has 1 aromatic heterocycles. The Kier molecular flexibility index (Phi) is 6.13. The summed E-state index contributed by atoms with van der Waals surface area (Å²) in [6.45, 7) is 3.86. The minimum Gasteiger partial charge on any atom is -0.497 e. The molecule has 2 fully saturated rings. The first-order valence-electron chi connectivity index (χ1n) is 10.1. The van der Waals surface area contributed by atoms with Gasteiger partial charge < -0.3 is 24.6 Å². The molecule has 8 nitrogen and oxygen atoms in total. The Morgan fingerprint density at radius 1 is 1.27 bits per heavy atom. The number of hydrogen-bond acceptors (Lipinski definition) is 6. The number of carbonyl (C=O) groups is 2. The van der Waals surface area contributed by atoms with Crippen LogP contribution in [-0.2, 0) is 20.9 Å². The quantitative estimate of drug-likeness (QED) is 0.779. The van der Waals surface area contributed by atoms with Crippen LogP contribution in [0.2, 0.25) is 0 Å². The molecule has 0 bridgehead atoms. The standard InChI is InChI=1S/C22H26N4O4/c1-29-19-4-2-3-18(12-19)26-15-17(11-21(26)27)22(28)24-14-16-5-6-20(23-13-16)25-7-9-30-10-8-25/h2-6,12-13,17H,7-11,14-15H2,1H3,(H,24,28). The normalized spacial score (nSPS) is 19.1. The maximum atomic E-state index is 12.6. The monoisotopic (exact) mass is 410 g/mol. The van der Waals surface area contributed by atoms with Crippen molar-refractivity contribution in [1.29, 1.82) is 0 Å². The summed E-state index contributed by atoms with van der Waals surface area (Å²) in [5.41, 5.74) is 1.67. The highest BCUT2D eigenvalue weighted by Crippen LogP contribution is 2.28. The van der Waals surface area contributed by atoms with E-state index in [0.29, 0.717) is 32.1 Å². The Hall–Kier alpha value is -3.13. The molecule has 2 aliphatic rings. The SMILES string of the molecule is COc1cccc(N2CC(C(=O)NCc3ccc(N4CCOCC4)nc3)CC2=O)c1. The lowest BCUT2D eigenvalue weighted by atomic mass is 10.1. The second-order valence-corrected chi connectivity index (χ2v) is 7.45. The topological polar surface area (TPSA) is 84.0 Å². The van der Waals surface area contributed by atoms with Crippen molar-refractivity contribution in [3.8, 4) is 5.75 Å². The van der Waals surface area contributed by atoms with Gasteiger partial charge in [-0.05, 0) is 23.8 Å². The number of amides is 2. The summed E-state index contributed by atoms with van der Waals surface area (Å²) < 4.78 is 10.6. The van der Waals surface area contributed by atoms with E-state index in [1.807, 2.05) is 30.3 Å². The maximum absolute atomic E-state index is 12.6. The molecule has 2 amide bonds. The van der Waals surface area contributed by atoms with E-state index in [0.717, 1.165) is 30.2 Å². The molecule has 0 aliphatic carbocycles. The number of nitrogens with one attached hydrogen (secondary N) is 1. The van der Waals surface area contributed by atoms with E-state index >= 15 is 0 Å². The number of methoxy groups -OCH3 is 1. The van der Waals surface area contributed by atoms with Crippen LogP contribution in [0.3, 0.4) is 0 Å². The second kappa shape index (κ2) is 9.13. The molecule has 0 saturated carbocycles. The van der Waals surface area contributed by atoms with E-state index < -0.39 is 0 Å². The van der Waals surface area contributed by atoms with E-state index in [1.54, 1.807) is 24.3 Å². The van der Waals surface area contributed by atoms with Crippen molar-refractivity contribution in [3.63, 3.8) is 0 Å². The molecule has 1 unspecified atom stereocenters. The zero-order valence-electron chi connectivity index (χ0n) is 17.0. The smallest absolute Gasteiger partial charge is 0.227 e. The minimum absolute atomic E-state index is 0.0556. The molecule has 2 aliphatic heterocycles. The first-order chi connectivity index (χ1) is 14.6. The highest BCUT2D eigenvalue weighted by Gasteiger charge is 2.35. The average molecular weight is 410 g/mol. The highest BCUT2D eigenvalue weighted by atomic mass is 16.5. The van der Waals surface area contributed by atoms with Gasteiger partial charge >= 0.3 is 0 Å². The molecule has 8 heteroatoms. The lowest BCUT2D eigenvalue weighted by molar-refractivity contribution is -0.126. The molecular weight excluding hydrogens is 384 g/mol. The number of morpholine rings is 1. The van der Waals surface area contributed by atoms with Gasteiger partial charge in [-0.2, -0.15) is 0 Å². The van der Waals surface area contributed by atoms with E-state index in [9.17, 15) is 9.59 Å².